The molecular formula is C13H19N3O3. The molecule has 1 heterocycles. The number of pyridine rings is 1. The summed E-state index contributed by atoms with van der Waals surface area (Å²) in [5, 5.41) is 14.1. The predicted octanol–water partition coefficient (Wildman–Crippen LogP) is 1.55. The Morgan fingerprint density at radius 1 is 1.16 bits per heavy atom. The average Bonchev–Trinajstić information content (AvgIpc) is 2.36. The van der Waals surface area contributed by atoms with Crippen molar-refractivity contribution >= 4 is 12.0 Å². The fourth-order valence-electron chi connectivity index (χ4n) is 1.63. The lowest BCUT2D eigenvalue weighted by atomic mass is 10.1. The molecular weight excluding hydrogens is 246 g/mol. The summed E-state index contributed by atoms with van der Waals surface area (Å²) in [6.45, 7) is 5.30. The number of hydrogen-bond donors (Lipinski definition) is 3. The molecule has 0 saturated heterocycles. The van der Waals surface area contributed by atoms with Crippen molar-refractivity contribution in [2.24, 2.45) is 5.92 Å². The predicted molar refractivity (Wildman–Crippen MR) is 70.6 cm³/mol. The Labute approximate surface area is 112 Å². The lowest BCUT2D eigenvalue weighted by Crippen LogP contribution is -2.49. The number of carboxylic acid groups (broad SMARTS) is 1. The maximum absolute atomic E-state index is 11.7. The highest BCUT2D eigenvalue weighted by Gasteiger charge is 2.23. The van der Waals surface area contributed by atoms with Crippen molar-refractivity contribution in [1.82, 2.24) is 15.6 Å². The molecule has 0 radical (unpaired) electrons. The van der Waals surface area contributed by atoms with Gasteiger partial charge in [0.05, 0.1) is 6.04 Å². The number of carbonyl (C=O) groups is 2. The van der Waals surface area contributed by atoms with Crippen molar-refractivity contribution in [3.05, 3.63) is 30.1 Å². The number of rotatable bonds is 5. The largest absolute Gasteiger partial charge is 0.480 e. The quantitative estimate of drug-likeness (QED) is 0.753. The Balaban J connectivity index is 2.58. The molecule has 104 valence electrons. The molecule has 1 unspecified atom stereocenters. The van der Waals surface area contributed by atoms with Crippen LogP contribution in [0.5, 0.6) is 0 Å². The average molecular weight is 265 g/mol. The summed E-state index contributed by atoms with van der Waals surface area (Å²) in [4.78, 5) is 26.6. The zero-order valence-corrected chi connectivity index (χ0v) is 11.3. The van der Waals surface area contributed by atoms with E-state index in [4.69, 9.17) is 5.11 Å². The van der Waals surface area contributed by atoms with Crippen LogP contribution in [-0.2, 0) is 4.79 Å². The second-order valence-electron chi connectivity index (χ2n) is 4.68. The molecule has 0 aliphatic heterocycles. The number of aliphatic carboxylic acids is 1. The van der Waals surface area contributed by atoms with E-state index in [1.165, 1.54) is 0 Å². The molecule has 1 aromatic rings. The number of nitrogens with one attached hydrogen (secondary N) is 2. The van der Waals surface area contributed by atoms with Crippen LogP contribution in [0.4, 0.5) is 4.79 Å². The maximum atomic E-state index is 11.7. The Kier molecular flexibility index (Phi) is 5.29. The summed E-state index contributed by atoms with van der Waals surface area (Å²) in [6, 6.07) is 1.98. The smallest absolute Gasteiger partial charge is 0.326 e. The molecule has 0 aliphatic carbocycles. The molecule has 3 N–H and O–H groups in total. The first-order chi connectivity index (χ1) is 8.91. The molecule has 2 atom stereocenters. The third-order valence-electron chi connectivity index (χ3n) is 2.77. The van der Waals surface area contributed by atoms with Gasteiger partial charge in [-0.05, 0) is 30.5 Å². The normalized spacial score (nSPS) is 13.7. The topological polar surface area (TPSA) is 91.3 Å². The summed E-state index contributed by atoms with van der Waals surface area (Å²) in [7, 11) is 0. The van der Waals surface area contributed by atoms with Gasteiger partial charge >= 0.3 is 12.0 Å². The third kappa shape index (κ3) is 4.57. The van der Waals surface area contributed by atoms with Gasteiger partial charge in [0.1, 0.15) is 6.04 Å². The van der Waals surface area contributed by atoms with E-state index >= 15 is 0 Å². The highest BCUT2D eigenvalue weighted by atomic mass is 16.4. The molecule has 0 spiro atoms. The Hall–Kier alpha value is -2.11. The SMILES string of the molecule is CC(NC(=O)N[C@H](C(=O)O)C(C)C)c1ccncc1. The van der Waals surface area contributed by atoms with E-state index in [2.05, 4.69) is 15.6 Å². The van der Waals surface area contributed by atoms with Crippen LogP contribution in [0.1, 0.15) is 32.4 Å². The minimum absolute atomic E-state index is 0.181. The third-order valence-corrected chi connectivity index (χ3v) is 2.77. The lowest BCUT2D eigenvalue weighted by Gasteiger charge is -2.20. The second-order valence-corrected chi connectivity index (χ2v) is 4.68. The zero-order chi connectivity index (χ0) is 14.4. The molecule has 0 aliphatic rings. The van der Waals surface area contributed by atoms with E-state index in [9.17, 15) is 9.59 Å². The van der Waals surface area contributed by atoms with Crippen molar-refractivity contribution in [2.75, 3.05) is 0 Å². The second kappa shape index (κ2) is 6.72. The highest BCUT2D eigenvalue weighted by molar-refractivity contribution is 5.82. The number of carboxylic acids is 1. The summed E-state index contributed by atoms with van der Waals surface area (Å²) in [5.41, 5.74) is 0.904. The number of nitrogens with zero attached hydrogens (tertiary/aromatic N) is 1. The Morgan fingerprint density at radius 3 is 2.21 bits per heavy atom. The summed E-state index contributed by atoms with van der Waals surface area (Å²) >= 11 is 0. The van der Waals surface area contributed by atoms with Crippen molar-refractivity contribution in [2.45, 2.75) is 32.9 Å². The van der Waals surface area contributed by atoms with Gasteiger partial charge in [-0.3, -0.25) is 4.98 Å². The van der Waals surface area contributed by atoms with Gasteiger partial charge in [0, 0.05) is 12.4 Å². The molecule has 0 saturated carbocycles. The van der Waals surface area contributed by atoms with Crippen LogP contribution in [0, 0.1) is 5.92 Å². The van der Waals surface area contributed by atoms with E-state index in [0.29, 0.717) is 0 Å². The first-order valence-electron chi connectivity index (χ1n) is 6.11. The molecule has 1 rings (SSSR count). The molecule has 6 heteroatoms. The molecule has 2 amide bonds. The lowest BCUT2D eigenvalue weighted by molar-refractivity contribution is -0.140. The number of hydrogen-bond acceptors (Lipinski definition) is 3. The van der Waals surface area contributed by atoms with Gasteiger partial charge in [-0.1, -0.05) is 13.8 Å². The maximum Gasteiger partial charge on any atom is 0.326 e. The van der Waals surface area contributed by atoms with E-state index in [1.54, 1.807) is 38.4 Å². The standard InChI is InChI=1S/C13H19N3O3/c1-8(2)11(12(17)18)16-13(19)15-9(3)10-4-6-14-7-5-10/h4-9,11H,1-3H3,(H,17,18)(H2,15,16,19)/t9?,11-/m0/s1. The van der Waals surface area contributed by atoms with Gasteiger partial charge < -0.3 is 15.7 Å². The van der Waals surface area contributed by atoms with Crippen molar-refractivity contribution in [1.29, 1.82) is 0 Å². The summed E-state index contributed by atoms with van der Waals surface area (Å²) in [6.07, 6.45) is 3.28. The summed E-state index contributed by atoms with van der Waals surface area (Å²) < 4.78 is 0. The molecule has 0 aromatic carbocycles. The number of carbonyl (C=O) groups excluding carboxylic acids is 1. The molecule has 0 bridgehead atoms. The van der Waals surface area contributed by atoms with Crippen molar-refractivity contribution < 1.29 is 14.7 Å². The van der Waals surface area contributed by atoms with E-state index in [0.717, 1.165) is 5.56 Å². The van der Waals surface area contributed by atoms with Crippen LogP contribution < -0.4 is 10.6 Å². The van der Waals surface area contributed by atoms with Crippen LogP contribution in [0.15, 0.2) is 24.5 Å². The number of aromatic nitrogens is 1. The minimum atomic E-state index is -1.04. The minimum Gasteiger partial charge on any atom is -0.480 e. The van der Waals surface area contributed by atoms with Gasteiger partial charge in [0.15, 0.2) is 0 Å². The Bertz CT molecular complexity index is 434. The number of amides is 2. The molecule has 6 nitrogen and oxygen atoms in total. The summed E-state index contributed by atoms with van der Waals surface area (Å²) in [5.74, 6) is -1.22. The first kappa shape index (κ1) is 14.9. The van der Waals surface area contributed by atoms with Gasteiger partial charge in [-0.25, -0.2) is 9.59 Å². The van der Waals surface area contributed by atoms with Gasteiger partial charge in [0.2, 0.25) is 0 Å². The monoisotopic (exact) mass is 265 g/mol. The molecule has 0 fully saturated rings. The van der Waals surface area contributed by atoms with Crippen LogP contribution in [-0.4, -0.2) is 28.1 Å². The molecule has 19 heavy (non-hydrogen) atoms. The molecule has 1 aromatic heterocycles. The van der Waals surface area contributed by atoms with Gasteiger partial charge in [-0.2, -0.15) is 0 Å². The highest BCUT2D eigenvalue weighted by Crippen LogP contribution is 2.10. The fourth-order valence-corrected chi connectivity index (χ4v) is 1.63. The van der Waals surface area contributed by atoms with Crippen LogP contribution in [0.2, 0.25) is 0 Å². The van der Waals surface area contributed by atoms with E-state index in [-0.39, 0.29) is 12.0 Å². The van der Waals surface area contributed by atoms with Crippen LogP contribution in [0.3, 0.4) is 0 Å². The van der Waals surface area contributed by atoms with Gasteiger partial charge in [0.25, 0.3) is 0 Å². The van der Waals surface area contributed by atoms with Crippen molar-refractivity contribution in [3.8, 4) is 0 Å². The van der Waals surface area contributed by atoms with E-state index < -0.39 is 18.0 Å². The van der Waals surface area contributed by atoms with Crippen LogP contribution in [0.25, 0.3) is 0 Å². The van der Waals surface area contributed by atoms with E-state index in [1.807, 2.05) is 6.92 Å². The fraction of sp³-hybridized carbons (Fsp3) is 0.462. The van der Waals surface area contributed by atoms with Gasteiger partial charge in [-0.15, -0.1) is 0 Å². The number of urea groups is 1. The van der Waals surface area contributed by atoms with Crippen molar-refractivity contribution in [3.63, 3.8) is 0 Å². The zero-order valence-electron chi connectivity index (χ0n) is 11.3. The first-order valence-corrected chi connectivity index (χ1v) is 6.11. The van der Waals surface area contributed by atoms with Crippen LogP contribution >= 0.6 is 0 Å². The Morgan fingerprint density at radius 2 is 1.74 bits per heavy atom.